The zero-order chi connectivity index (χ0) is 15.6. The lowest BCUT2D eigenvalue weighted by atomic mass is 10.2. The summed E-state index contributed by atoms with van der Waals surface area (Å²) >= 11 is 0. The maximum Gasteiger partial charge on any atom is 0.573 e. The number of hydrogen-bond acceptors (Lipinski definition) is 3. The van der Waals surface area contributed by atoms with Crippen LogP contribution in [0.5, 0.6) is 5.75 Å². The molecule has 0 saturated carbocycles. The molecule has 7 heteroatoms. The van der Waals surface area contributed by atoms with Gasteiger partial charge < -0.3 is 4.74 Å². The molecule has 21 heavy (non-hydrogen) atoms. The maximum absolute atomic E-state index is 12.1. The number of ether oxygens (including phenoxy) is 1. The van der Waals surface area contributed by atoms with E-state index in [1.54, 1.807) is 6.92 Å². The molecule has 0 bridgehead atoms. The van der Waals surface area contributed by atoms with Crippen LogP contribution in [0.3, 0.4) is 0 Å². The van der Waals surface area contributed by atoms with Crippen molar-refractivity contribution in [3.05, 3.63) is 58.0 Å². The summed E-state index contributed by atoms with van der Waals surface area (Å²) in [5.74, 6) is -0.382. The summed E-state index contributed by atoms with van der Waals surface area (Å²) in [6.45, 7) is 1.63. The van der Waals surface area contributed by atoms with Crippen LogP contribution in [0.4, 0.5) is 13.2 Å². The molecule has 2 rings (SSSR count). The summed E-state index contributed by atoms with van der Waals surface area (Å²) in [4.78, 5) is 11.9. The van der Waals surface area contributed by atoms with Crippen molar-refractivity contribution in [2.45, 2.75) is 13.3 Å². The van der Waals surface area contributed by atoms with Crippen molar-refractivity contribution in [2.24, 2.45) is 0 Å². The van der Waals surface area contributed by atoms with E-state index in [0.29, 0.717) is 16.8 Å². The van der Waals surface area contributed by atoms with Gasteiger partial charge in [0.25, 0.3) is 5.56 Å². The largest absolute Gasteiger partial charge is 0.573 e. The summed E-state index contributed by atoms with van der Waals surface area (Å²) in [6, 6.07) is 8.04. The summed E-state index contributed by atoms with van der Waals surface area (Å²) in [5, 5.41) is 8.94. The average molecular weight is 294 g/mol. The molecule has 1 aromatic heterocycles. The van der Waals surface area contributed by atoms with E-state index in [4.69, 9.17) is 5.26 Å². The highest BCUT2D eigenvalue weighted by Gasteiger charge is 2.30. The molecule has 2 aromatic rings. The molecule has 0 fully saturated rings. The Bertz CT molecular complexity index is 756. The van der Waals surface area contributed by atoms with Crippen molar-refractivity contribution in [1.29, 1.82) is 5.26 Å². The normalized spacial score (nSPS) is 11.0. The van der Waals surface area contributed by atoms with Crippen molar-refractivity contribution in [1.82, 2.24) is 4.57 Å². The van der Waals surface area contributed by atoms with Crippen LogP contribution in [-0.4, -0.2) is 10.9 Å². The summed E-state index contributed by atoms with van der Waals surface area (Å²) in [6.07, 6.45) is -3.42. The molecule has 0 aliphatic carbocycles. The Morgan fingerprint density at radius 1 is 1.24 bits per heavy atom. The van der Waals surface area contributed by atoms with Crippen LogP contribution in [-0.2, 0) is 0 Å². The highest BCUT2D eigenvalue weighted by Crippen LogP contribution is 2.23. The number of aryl methyl sites for hydroxylation is 1. The quantitative estimate of drug-likeness (QED) is 0.855. The smallest absolute Gasteiger partial charge is 0.406 e. The lowest BCUT2D eigenvalue weighted by molar-refractivity contribution is -0.274. The molecule has 1 heterocycles. The van der Waals surface area contributed by atoms with Crippen LogP contribution in [0.25, 0.3) is 5.69 Å². The molecule has 1 aromatic carbocycles. The van der Waals surface area contributed by atoms with E-state index < -0.39 is 6.36 Å². The first-order valence-corrected chi connectivity index (χ1v) is 5.80. The van der Waals surface area contributed by atoms with Gasteiger partial charge in [0.1, 0.15) is 11.8 Å². The Hall–Kier alpha value is -2.75. The monoisotopic (exact) mass is 294 g/mol. The molecule has 0 amide bonds. The number of nitrogens with zero attached hydrogens (tertiary/aromatic N) is 2. The molecule has 4 nitrogen and oxygen atoms in total. The molecule has 0 saturated heterocycles. The lowest BCUT2D eigenvalue weighted by Gasteiger charge is -2.11. The molecule has 0 unspecified atom stereocenters. The summed E-state index contributed by atoms with van der Waals surface area (Å²) < 4.78 is 41.1. The van der Waals surface area contributed by atoms with Crippen molar-refractivity contribution in [2.75, 3.05) is 0 Å². The standard InChI is InChI=1S/C14H9F3N2O2/c1-9-6-13(20)19(8-10(9)7-18)11-2-4-12(5-3-11)21-14(15,16)17/h2-6,8H,1H3. The predicted molar refractivity (Wildman–Crippen MR) is 68.2 cm³/mol. The molecule has 0 aliphatic rings. The first-order valence-electron chi connectivity index (χ1n) is 5.80. The van der Waals surface area contributed by atoms with Crippen LogP contribution in [0.15, 0.2) is 41.3 Å². The van der Waals surface area contributed by atoms with Gasteiger partial charge in [-0.2, -0.15) is 5.26 Å². The number of nitriles is 1. The van der Waals surface area contributed by atoms with E-state index in [1.807, 2.05) is 6.07 Å². The fourth-order valence-electron chi connectivity index (χ4n) is 1.75. The number of halogens is 3. The Balaban J connectivity index is 2.40. The molecule has 108 valence electrons. The second-order valence-electron chi connectivity index (χ2n) is 4.23. The van der Waals surface area contributed by atoms with Gasteiger partial charge in [-0.3, -0.25) is 9.36 Å². The van der Waals surface area contributed by atoms with E-state index in [2.05, 4.69) is 4.74 Å². The van der Waals surface area contributed by atoms with Crippen LogP contribution in [0.1, 0.15) is 11.1 Å². The summed E-state index contributed by atoms with van der Waals surface area (Å²) in [7, 11) is 0. The summed E-state index contributed by atoms with van der Waals surface area (Å²) in [5.41, 5.74) is 0.808. The van der Waals surface area contributed by atoms with Crippen LogP contribution in [0, 0.1) is 18.3 Å². The average Bonchev–Trinajstić information content (AvgIpc) is 2.38. The third-order valence-corrected chi connectivity index (χ3v) is 2.73. The highest BCUT2D eigenvalue weighted by atomic mass is 19.4. The Kier molecular flexibility index (Phi) is 3.72. The van der Waals surface area contributed by atoms with Gasteiger partial charge in [-0.25, -0.2) is 0 Å². The van der Waals surface area contributed by atoms with E-state index in [0.717, 1.165) is 12.1 Å². The zero-order valence-electron chi connectivity index (χ0n) is 10.8. The van der Waals surface area contributed by atoms with E-state index in [-0.39, 0.29) is 11.3 Å². The molecule has 0 aliphatic heterocycles. The van der Waals surface area contributed by atoms with Crippen molar-refractivity contribution < 1.29 is 17.9 Å². The van der Waals surface area contributed by atoms with E-state index in [1.165, 1.54) is 29.0 Å². The fourth-order valence-corrected chi connectivity index (χ4v) is 1.75. The predicted octanol–water partition coefficient (Wildman–Crippen LogP) is 2.92. The van der Waals surface area contributed by atoms with Gasteiger partial charge in [0.15, 0.2) is 0 Å². The van der Waals surface area contributed by atoms with E-state index >= 15 is 0 Å². The van der Waals surface area contributed by atoms with Crippen LogP contribution >= 0.6 is 0 Å². The van der Waals surface area contributed by atoms with Gasteiger partial charge in [-0.15, -0.1) is 13.2 Å². The molecule has 0 radical (unpaired) electrons. The van der Waals surface area contributed by atoms with Gasteiger partial charge in [-0.1, -0.05) is 0 Å². The second-order valence-corrected chi connectivity index (χ2v) is 4.23. The highest BCUT2D eigenvalue weighted by molar-refractivity contribution is 5.41. The molecule has 0 spiro atoms. The van der Waals surface area contributed by atoms with Crippen molar-refractivity contribution >= 4 is 0 Å². The Morgan fingerprint density at radius 2 is 1.86 bits per heavy atom. The van der Waals surface area contributed by atoms with Crippen LogP contribution in [0.2, 0.25) is 0 Å². The van der Waals surface area contributed by atoms with Gasteiger partial charge in [0.05, 0.1) is 5.56 Å². The van der Waals surface area contributed by atoms with Gasteiger partial charge >= 0.3 is 6.36 Å². The number of hydrogen-bond donors (Lipinski definition) is 0. The number of rotatable bonds is 2. The number of pyridine rings is 1. The van der Waals surface area contributed by atoms with Crippen molar-refractivity contribution in [3.8, 4) is 17.5 Å². The number of benzene rings is 1. The minimum Gasteiger partial charge on any atom is -0.406 e. The minimum absolute atomic E-state index is 0.310. The Morgan fingerprint density at radius 3 is 2.38 bits per heavy atom. The molecule has 0 atom stereocenters. The third kappa shape index (κ3) is 3.42. The first kappa shape index (κ1) is 14.7. The van der Waals surface area contributed by atoms with Crippen LogP contribution < -0.4 is 10.3 Å². The fraction of sp³-hybridized carbons (Fsp3) is 0.143. The SMILES string of the molecule is Cc1cc(=O)n(-c2ccc(OC(F)(F)F)cc2)cc1C#N. The number of aromatic nitrogens is 1. The first-order chi connectivity index (χ1) is 9.80. The van der Waals surface area contributed by atoms with Gasteiger partial charge in [-0.05, 0) is 36.8 Å². The zero-order valence-corrected chi connectivity index (χ0v) is 10.8. The lowest BCUT2D eigenvalue weighted by Crippen LogP contribution is -2.19. The minimum atomic E-state index is -4.77. The van der Waals surface area contributed by atoms with E-state index in [9.17, 15) is 18.0 Å². The number of alkyl halides is 3. The molecular weight excluding hydrogens is 285 g/mol. The molecular formula is C14H9F3N2O2. The van der Waals surface area contributed by atoms with Gasteiger partial charge in [0.2, 0.25) is 0 Å². The molecule has 0 N–H and O–H groups in total. The van der Waals surface area contributed by atoms with Gasteiger partial charge in [0, 0.05) is 18.0 Å². The maximum atomic E-state index is 12.1. The second kappa shape index (κ2) is 5.32. The third-order valence-electron chi connectivity index (χ3n) is 2.73. The Labute approximate surface area is 117 Å². The van der Waals surface area contributed by atoms with Crippen molar-refractivity contribution in [3.63, 3.8) is 0 Å². The topological polar surface area (TPSA) is 55.0 Å².